The highest BCUT2D eigenvalue weighted by Crippen LogP contribution is 2.41. The van der Waals surface area contributed by atoms with Gasteiger partial charge in [0, 0.05) is 11.6 Å². The van der Waals surface area contributed by atoms with Crippen molar-refractivity contribution in [3.05, 3.63) is 70.8 Å². The van der Waals surface area contributed by atoms with Crippen LogP contribution >= 0.6 is 0 Å². The largest absolute Gasteiger partial charge is 0.493 e. The molecule has 4 aromatic rings. The predicted molar refractivity (Wildman–Crippen MR) is 124 cm³/mol. The Hall–Kier alpha value is -4.40. The molecule has 4 rings (SSSR count). The number of furan rings is 1. The highest BCUT2D eigenvalue weighted by Gasteiger charge is 2.17. The minimum atomic E-state index is -0.318. The van der Waals surface area contributed by atoms with Crippen molar-refractivity contribution in [2.75, 3.05) is 27.9 Å². The number of methoxy groups -OCH3 is 3. The molecule has 2 heterocycles. The molecule has 0 aliphatic heterocycles. The lowest BCUT2D eigenvalue weighted by molar-refractivity contribution is -0.123. The van der Waals surface area contributed by atoms with Gasteiger partial charge in [0.05, 0.1) is 39.5 Å². The second-order valence-electron chi connectivity index (χ2n) is 7.19. The van der Waals surface area contributed by atoms with E-state index in [1.807, 2.05) is 0 Å². The Balaban J connectivity index is 1.54. The fraction of sp³-hybridized carbons (Fsp3) is 0.200. The van der Waals surface area contributed by atoms with E-state index in [1.54, 1.807) is 42.5 Å². The lowest BCUT2D eigenvalue weighted by Gasteiger charge is -2.14. The fourth-order valence-corrected chi connectivity index (χ4v) is 3.39. The van der Waals surface area contributed by atoms with Crippen molar-refractivity contribution < 1.29 is 32.6 Å². The molecule has 0 bridgehead atoms. The van der Waals surface area contributed by atoms with Crippen molar-refractivity contribution in [2.24, 2.45) is 0 Å². The number of ether oxygens (including phenoxy) is 4. The van der Waals surface area contributed by atoms with Crippen LogP contribution in [0.2, 0.25) is 0 Å². The monoisotopic (exact) mass is 465 g/mol. The Kier molecular flexibility index (Phi) is 6.72. The highest BCUT2D eigenvalue weighted by atomic mass is 16.5. The average Bonchev–Trinajstić information content (AvgIpc) is 3.39. The molecule has 0 aliphatic carbocycles. The molecular formula is C25H23NO8. The first kappa shape index (κ1) is 22.8. The molecule has 0 aliphatic rings. The van der Waals surface area contributed by atoms with Crippen LogP contribution in [0.25, 0.3) is 22.3 Å². The van der Waals surface area contributed by atoms with Crippen LogP contribution in [-0.2, 0) is 11.3 Å². The van der Waals surface area contributed by atoms with Gasteiger partial charge in [-0.25, -0.2) is 0 Å². The summed E-state index contributed by atoms with van der Waals surface area (Å²) < 4.78 is 32.8. The van der Waals surface area contributed by atoms with Crippen LogP contribution < -0.4 is 29.7 Å². The Morgan fingerprint density at radius 3 is 2.38 bits per heavy atom. The third kappa shape index (κ3) is 4.83. The van der Waals surface area contributed by atoms with E-state index in [9.17, 15) is 9.59 Å². The van der Waals surface area contributed by atoms with E-state index in [-0.39, 0.29) is 24.5 Å². The van der Waals surface area contributed by atoms with Gasteiger partial charge in [-0.05, 0) is 42.5 Å². The highest BCUT2D eigenvalue weighted by molar-refractivity contribution is 5.81. The molecule has 0 fully saturated rings. The van der Waals surface area contributed by atoms with E-state index in [4.69, 9.17) is 27.8 Å². The number of rotatable bonds is 9. The maximum atomic E-state index is 12.8. The summed E-state index contributed by atoms with van der Waals surface area (Å²) in [7, 11) is 4.53. The number of amides is 1. The molecule has 0 saturated heterocycles. The van der Waals surface area contributed by atoms with Crippen LogP contribution in [0.4, 0.5) is 0 Å². The molecule has 0 radical (unpaired) electrons. The number of hydrogen-bond donors (Lipinski definition) is 1. The lowest BCUT2D eigenvalue weighted by Crippen LogP contribution is -2.28. The van der Waals surface area contributed by atoms with Crippen molar-refractivity contribution in [1.82, 2.24) is 5.32 Å². The third-order valence-electron chi connectivity index (χ3n) is 5.06. The Bertz CT molecular complexity index is 1330. The maximum absolute atomic E-state index is 12.8. The molecule has 9 heteroatoms. The van der Waals surface area contributed by atoms with Crippen LogP contribution in [0.5, 0.6) is 23.0 Å². The summed E-state index contributed by atoms with van der Waals surface area (Å²) in [5.74, 6) is 2.34. The normalized spacial score (nSPS) is 10.7. The van der Waals surface area contributed by atoms with Gasteiger partial charge in [0.1, 0.15) is 22.9 Å². The van der Waals surface area contributed by atoms with Crippen molar-refractivity contribution >= 4 is 16.9 Å². The van der Waals surface area contributed by atoms with Crippen molar-refractivity contribution in [2.45, 2.75) is 6.54 Å². The molecule has 9 nitrogen and oxygen atoms in total. The summed E-state index contributed by atoms with van der Waals surface area (Å²) in [4.78, 5) is 24.8. The maximum Gasteiger partial charge on any atom is 0.258 e. The zero-order chi connectivity index (χ0) is 24.1. The fourth-order valence-electron chi connectivity index (χ4n) is 3.39. The van der Waals surface area contributed by atoms with E-state index in [1.165, 1.54) is 33.7 Å². The topological polar surface area (TPSA) is 109 Å². The first-order valence-electron chi connectivity index (χ1n) is 10.3. The minimum Gasteiger partial charge on any atom is -0.493 e. The van der Waals surface area contributed by atoms with E-state index in [2.05, 4.69) is 5.32 Å². The summed E-state index contributed by atoms with van der Waals surface area (Å²) in [6.07, 6.45) is 1.53. The lowest BCUT2D eigenvalue weighted by atomic mass is 10.1. The van der Waals surface area contributed by atoms with Gasteiger partial charge < -0.3 is 33.1 Å². The molecule has 0 unspecified atom stereocenters. The van der Waals surface area contributed by atoms with Gasteiger partial charge in [0.15, 0.2) is 23.5 Å². The van der Waals surface area contributed by atoms with Crippen molar-refractivity contribution in [3.63, 3.8) is 0 Å². The zero-order valence-electron chi connectivity index (χ0n) is 18.9. The number of benzene rings is 2. The van der Waals surface area contributed by atoms with Crippen molar-refractivity contribution in [1.29, 1.82) is 0 Å². The predicted octanol–water partition coefficient (Wildman–Crippen LogP) is 3.77. The second-order valence-corrected chi connectivity index (χ2v) is 7.19. The molecule has 34 heavy (non-hydrogen) atoms. The van der Waals surface area contributed by atoms with E-state index < -0.39 is 0 Å². The molecule has 1 N–H and O–H groups in total. The molecule has 0 saturated carbocycles. The van der Waals surface area contributed by atoms with Crippen LogP contribution in [0.1, 0.15) is 5.76 Å². The van der Waals surface area contributed by atoms with Gasteiger partial charge >= 0.3 is 0 Å². The molecule has 1 amide bonds. The van der Waals surface area contributed by atoms with E-state index in [0.29, 0.717) is 51.1 Å². The number of nitrogens with one attached hydrogen (secondary N) is 1. The van der Waals surface area contributed by atoms with Gasteiger partial charge in [-0.3, -0.25) is 9.59 Å². The third-order valence-corrected chi connectivity index (χ3v) is 5.06. The number of carbonyl (C=O) groups is 1. The van der Waals surface area contributed by atoms with Crippen LogP contribution in [-0.4, -0.2) is 33.8 Å². The number of fused-ring (bicyclic) bond motifs is 1. The molecule has 0 atom stereocenters. The summed E-state index contributed by atoms with van der Waals surface area (Å²) in [6.45, 7) is 0.0568. The van der Waals surface area contributed by atoms with E-state index in [0.717, 1.165) is 0 Å². The summed E-state index contributed by atoms with van der Waals surface area (Å²) >= 11 is 0. The Morgan fingerprint density at radius 2 is 1.74 bits per heavy atom. The number of hydrogen-bond acceptors (Lipinski definition) is 8. The second kappa shape index (κ2) is 10.0. The molecule has 2 aromatic heterocycles. The van der Waals surface area contributed by atoms with Gasteiger partial charge in [-0.15, -0.1) is 0 Å². The molecular weight excluding hydrogens is 442 g/mol. The van der Waals surface area contributed by atoms with Crippen LogP contribution in [0, 0.1) is 0 Å². The summed E-state index contributed by atoms with van der Waals surface area (Å²) in [6, 6.07) is 13.1. The smallest absolute Gasteiger partial charge is 0.258 e. The van der Waals surface area contributed by atoms with Gasteiger partial charge in [-0.2, -0.15) is 0 Å². The van der Waals surface area contributed by atoms with Gasteiger partial charge in [0.25, 0.3) is 5.91 Å². The first-order valence-corrected chi connectivity index (χ1v) is 10.3. The minimum absolute atomic E-state index is 0.207. The molecule has 0 spiro atoms. The van der Waals surface area contributed by atoms with E-state index >= 15 is 0 Å². The number of carbonyl (C=O) groups excluding carboxylic acids is 1. The molecule has 176 valence electrons. The average molecular weight is 465 g/mol. The van der Waals surface area contributed by atoms with Crippen molar-refractivity contribution in [3.8, 4) is 34.3 Å². The summed E-state index contributed by atoms with van der Waals surface area (Å²) in [5, 5.41) is 3.01. The Labute approximate surface area is 194 Å². The van der Waals surface area contributed by atoms with Gasteiger partial charge in [-0.1, -0.05) is 0 Å². The van der Waals surface area contributed by atoms with Crippen LogP contribution in [0.15, 0.2) is 68.4 Å². The summed E-state index contributed by atoms with van der Waals surface area (Å²) in [5.41, 5.74) is 0.686. The standard InChI is InChI=1S/C25H23NO8/c1-29-22-9-15(10-23(30-2)25(22)31-3)21-12-19(27)18-11-16(6-7-20(18)34-21)33-14-24(28)26-13-17-5-4-8-32-17/h4-12H,13-14H2,1-3H3,(H,26,28). The zero-order valence-corrected chi connectivity index (χ0v) is 18.9. The first-order chi connectivity index (χ1) is 16.5. The SMILES string of the molecule is COc1cc(-c2cc(=O)c3cc(OCC(=O)NCc4ccco4)ccc3o2)cc(OC)c1OC. The quantitative estimate of drug-likeness (QED) is 0.398. The van der Waals surface area contributed by atoms with Gasteiger partial charge in [0.2, 0.25) is 5.75 Å². The van der Waals surface area contributed by atoms with Crippen LogP contribution in [0.3, 0.4) is 0 Å². The molecule has 2 aromatic carbocycles. The Morgan fingerprint density at radius 1 is 0.971 bits per heavy atom.